The summed E-state index contributed by atoms with van der Waals surface area (Å²) in [5, 5.41) is 8.66. The standard InChI is InChI=1S/C16H19NO2/c1-2-3-4-5-12-19-16(18)11-10-14-6-8-15(13-17)9-7-14/h6-11H,2-5,12H2,1H3. The van der Waals surface area contributed by atoms with Gasteiger partial charge in [0, 0.05) is 6.08 Å². The lowest BCUT2D eigenvalue weighted by atomic mass is 10.1. The molecule has 0 aliphatic rings. The first-order valence-corrected chi connectivity index (χ1v) is 6.61. The van der Waals surface area contributed by atoms with E-state index in [1.54, 1.807) is 30.3 Å². The van der Waals surface area contributed by atoms with Gasteiger partial charge in [0.1, 0.15) is 0 Å². The number of benzene rings is 1. The molecular weight excluding hydrogens is 238 g/mol. The second-order valence-electron chi connectivity index (χ2n) is 4.30. The van der Waals surface area contributed by atoms with E-state index in [0.717, 1.165) is 18.4 Å². The number of hydrogen-bond acceptors (Lipinski definition) is 3. The molecule has 0 spiro atoms. The first-order valence-electron chi connectivity index (χ1n) is 6.61. The van der Waals surface area contributed by atoms with Crippen LogP contribution < -0.4 is 0 Å². The predicted molar refractivity (Wildman–Crippen MR) is 75.3 cm³/mol. The number of hydrogen-bond donors (Lipinski definition) is 0. The van der Waals surface area contributed by atoms with E-state index >= 15 is 0 Å². The highest BCUT2D eigenvalue weighted by molar-refractivity contribution is 5.87. The molecule has 0 heterocycles. The lowest BCUT2D eigenvalue weighted by Crippen LogP contribution is -2.02. The van der Waals surface area contributed by atoms with Gasteiger partial charge in [-0.15, -0.1) is 0 Å². The van der Waals surface area contributed by atoms with Crippen molar-refractivity contribution in [3.63, 3.8) is 0 Å². The van der Waals surface area contributed by atoms with Gasteiger partial charge in [-0.25, -0.2) is 4.79 Å². The monoisotopic (exact) mass is 257 g/mol. The van der Waals surface area contributed by atoms with Crippen molar-refractivity contribution >= 4 is 12.0 Å². The summed E-state index contributed by atoms with van der Waals surface area (Å²) in [5.41, 5.74) is 1.48. The SMILES string of the molecule is CCCCCCOC(=O)C=Cc1ccc(C#N)cc1. The molecule has 1 aromatic carbocycles. The van der Waals surface area contributed by atoms with Gasteiger partial charge >= 0.3 is 5.97 Å². The zero-order valence-corrected chi connectivity index (χ0v) is 11.3. The van der Waals surface area contributed by atoms with Crippen LogP contribution in [0.1, 0.15) is 43.7 Å². The van der Waals surface area contributed by atoms with Gasteiger partial charge in [-0.3, -0.25) is 0 Å². The number of esters is 1. The Balaban J connectivity index is 2.30. The molecule has 0 unspecified atom stereocenters. The molecule has 1 rings (SSSR count). The van der Waals surface area contributed by atoms with E-state index in [-0.39, 0.29) is 5.97 Å². The summed E-state index contributed by atoms with van der Waals surface area (Å²) in [4.78, 5) is 11.4. The van der Waals surface area contributed by atoms with Crippen molar-refractivity contribution in [2.45, 2.75) is 32.6 Å². The molecule has 0 amide bonds. The molecule has 3 nitrogen and oxygen atoms in total. The summed E-state index contributed by atoms with van der Waals surface area (Å²) in [6.45, 7) is 2.63. The summed E-state index contributed by atoms with van der Waals surface area (Å²) in [5.74, 6) is -0.319. The van der Waals surface area contributed by atoms with Crippen LogP contribution in [-0.4, -0.2) is 12.6 Å². The molecule has 0 aromatic heterocycles. The highest BCUT2D eigenvalue weighted by Crippen LogP contribution is 2.05. The largest absolute Gasteiger partial charge is 0.463 e. The Hall–Kier alpha value is -2.08. The second kappa shape index (κ2) is 8.93. The number of rotatable bonds is 7. The van der Waals surface area contributed by atoms with E-state index in [0.29, 0.717) is 12.2 Å². The van der Waals surface area contributed by atoms with Gasteiger partial charge in [0.15, 0.2) is 0 Å². The van der Waals surface area contributed by atoms with Crippen molar-refractivity contribution in [2.75, 3.05) is 6.61 Å². The smallest absolute Gasteiger partial charge is 0.330 e. The molecule has 0 aliphatic heterocycles. The van der Waals surface area contributed by atoms with Gasteiger partial charge in [0.2, 0.25) is 0 Å². The van der Waals surface area contributed by atoms with Crippen molar-refractivity contribution in [1.82, 2.24) is 0 Å². The fourth-order valence-corrected chi connectivity index (χ4v) is 1.58. The summed E-state index contributed by atoms with van der Waals surface area (Å²) >= 11 is 0. The van der Waals surface area contributed by atoms with E-state index in [4.69, 9.17) is 10.00 Å². The third-order valence-corrected chi connectivity index (χ3v) is 2.69. The minimum absolute atomic E-state index is 0.319. The number of nitrogens with zero attached hydrogens (tertiary/aromatic N) is 1. The summed E-state index contributed by atoms with van der Waals surface area (Å²) in [6.07, 6.45) is 7.48. The molecule has 0 bridgehead atoms. The highest BCUT2D eigenvalue weighted by atomic mass is 16.5. The first kappa shape index (κ1) is 15.0. The van der Waals surface area contributed by atoms with Crippen molar-refractivity contribution in [2.24, 2.45) is 0 Å². The van der Waals surface area contributed by atoms with Gasteiger partial charge in [0.05, 0.1) is 18.2 Å². The molecule has 0 saturated heterocycles. The highest BCUT2D eigenvalue weighted by Gasteiger charge is 1.97. The van der Waals surface area contributed by atoms with E-state index in [1.807, 2.05) is 6.07 Å². The predicted octanol–water partition coefficient (Wildman–Crippen LogP) is 3.69. The fraction of sp³-hybridized carbons (Fsp3) is 0.375. The molecule has 100 valence electrons. The molecule has 3 heteroatoms. The van der Waals surface area contributed by atoms with Gasteiger partial charge in [-0.2, -0.15) is 5.26 Å². The Bertz CT molecular complexity index is 455. The average Bonchev–Trinajstić information content (AvgIpc) is 2.45. The van der Waals surface area contributed by atoms with Crippen molar-refractivity contribution < 1.29 is 9.53 Å². The molecule has 0 aliphatic carbocycles. The molecule has 0 radical (unpaired) electrons. The fourth-order valence-electron chi connectivity index (χ4n) is 1.58. The van der Waals surface area contributed by atoms with Crippen LogP contribution in [0.3, 0.4) is 0 Å². The van der Waals surface area contributed by atoms with Crippen LogP contribution in [0, 0.1) is 11.3 Å². The Labute approximate surface area is 114 Å². The van der Waals surface area contributed by atoms with Crippen LogP contribution in [-0.2, 0) is 9.53 Å². The van der Waals surface area contributed by atoms with Crippen molar-refractivity contribution in [1.29, 1.82) is 5.26 Å². The first-order chi connectivity index (χ1) is 9.26. The molecule has 1 aromatic rings. The molecule has 0 N–H and O–H groups in total. The van der Waals surface area contributed by atoms with E-state index < -0.39 is 0 Å². The number of unbranched alkanes of at least 4 members (excludes halogenated alkanes) is 3. The lowest BCUT2D eigenvalue weighted by molar-refractivity contribution is -0.137. The number of nitriles is 1. The normalized spacial score (nSPS) is 10.3. The van der Waals surface area contributed by atoms with Crippen LogP contribution in [0.25, 0.3) is 6.08 Å². The number of ether oxygens (including phenoxy) is 1. The summed E-state index contributed by atoms with van der Waals surface area (Å²) in [6, 6.07) is 9.07. The third-order valence-electron chi connectivity index (χ3n) is 2.69. The Morgan fingerprint density at radius 2 is 2.00 bits per heavy atom. The quantitative estimate of drug-likeness (QED) is 0.425. The van der Waals surface area contributed by atoms with E-state index in [9.17, 15) is 4.79 Å². The zero-order chi connectivity index (χ0) is 13.9. The topological polar surface area (TPSA) is 50.1 Å². The van der Waals surface area contributed by atoms with Gasteiger partial charge in [0.25, 0.3) is 0 Å². The molecule has 0 fully saturated rings. The third kappa shape index (κ3) is 6.42. The maximum atomic E-state index is 11.4. The zero-order valence-electron chi connectivity index (χ0n) is 11.3. The lowest BCUT2D eigenvalue weighted by Gasteiger charge is -2.01. The summed E-state index contributed by atoms with van der Waals surface area (Å²) in [7, 11) is 0. The average molecular weight is 257 g/mol. The van der Waals surface area contributed by atoms with E-state index in [1.165, 1.54) is 18.9 Å². The van der Waals surface area contributed by atoms with Crippen LogP contribution in [0.15, 0.2) is 30.3 Å². The Kier molecular flexibility index (Phi) is 7.04. The number of carbonyl (C=O) groups is 1. The molecular formula is C16H19NO2. The molecule has 19 heavy (non-hydrogen) atoms. The molecule has 0 saturated carbocycles. The minimum Gasteiger partial charge on any atom is -0.463 e. The minimum atomic E-state index is -0.319. The second-order valence-corrected chi connectivity index (χ2v) is 4.30. The van der Waals surface area contributed by atoms with E-state index in [2.05, 4.69) is 6.92 Å². The number of carbonyl (C=O) groups excluding carboxylic acids is 1. The Morgan fingerprint density at radius 1 is 1.26 bits per heavy atom. The molecule has 0 atom stereocenters. The Morgan fingerprint density at radius 3 is 2.63 bits per heavy atom. The van der Waals surface area contributed by atoms with Crippen LogP contribution in [0.2, 0.25) is 0 Å². The van der Waals surface area contributed by atoms with Crippen molar-refractivity contribution in [3.8, 4) is 6.07 Å². The van der Waals surface area contributed by atoms with Crippen LogP contribution in [0.5, 0.6) is 0 Å². The maximum absolute atomic E-state index is 11.4. The van der Waals surface area contributed by atoms with Gasteiger partial charge in [-0.05, 0) is 30.2 Å². The van der Waals surface area contributed by atoms with Crippen LogP contribution in [0.4, 0.5) is 0 Å². The van der Waals surface area contributed by atoms with Crippen molar-refractivity contribution in [3.05, 3.63) is 41.5 Å². The van der Waals surface area contributed by atoms with Crippen LogP contribution >= 0.6 is 0 Å². The van der Waals surface area contributed by atoms with Gasteiger partial charge in [-0.1, -0.05) is 38.3 Å². The van der Waals surface area contributed by atoms with Gasteiger partial charge < -0.3 is 4.74 Å². The summed E-state index contributed by atoms with van der Waals surface area (Å²) < 4.78 is 5.08. The maximum Gasteiger partial charge on any atom is 0.330 e.